The zero-order chi connectivity index (χ0) is 15.0. The van der Waals surface area contributed by atoms with Gasteiger partial charge in [-0.05, 0) is 27.3 Å². The molecule has 0 aliphatic rings. The summed E-state index contributed by atoms with van der Waals surface area (Å²) in [4.78, 5) is 12.6. The number of anilines is 1. The fourth-order valence-corrected chi connectivity index (χ4v) is 4.00. The Kier molecular flexibility index (Phi) is 6.95. The number of hydrogen-bond acceptors (Lipinski definition) is 8. The van der Waals surface area contributed by atoms with Gasteiger partial charge in [-0.15, -0.1) is 0 Å². The van der Waals surface area contributed by atoms with E-state index in [1.54, 1.807) is 0 Å². The van der Waals surface area contributed by atoms with Gasteiger partial charge in [-0.1, -0.05) is 0 Å². The fourth-order valence-electron chi connectivity index (χ4n) is 1.70. The molecule has 1 aromatic heterocycles. The molecule has 0 spiro atoms. The quantitative estimate of drug-likeness (QED) is 0.570. The summed E-state index contributed by atoms with van der Waals surface area (Å²) in [5, 5.41) is 0. The Labute approximate surface area is 120 Å². The van der Waals surface area contributed by atoms with Gasteiger partial charge < -0.3 is 24.7 Å². The summed E-state index contributed by atoms with van der Waals surface area (Å²) in [5.74, 6) is 0.639. The standard InChI is InChI=1S/C11H23N5O3Si/c1-4-17-20(18-5-2,19-6-3)11-15-9(7-8-12)14-10(13)16-11/h4-8,12H2,1-3H3,(H2,13,14,15,16). The van der Waals surface area contributed by atoms with Crippen LogP contribution in [-0.4, -0.2) is 50.1 Å². The van der Waals surface area contributed by atoms with E-state index in [-0.39, 0.29) is 5.95 Å². The lowest BCUT2D eigenvalue weighted by molar-refractivity contribution is 0.0840. The van der Waals surface area contributed by atoms with E-state index in [1.165, 1.54) is 0 Å². The molecule has 1 rings (SSSR count). The number of nitrogen functional groups attached to an aromatic ring is 1. The summed E-state index contributed by atoms with van der Waals surface area (Å²) in [5.41, 5.74) is 11.6. The summed E-state index contributed by atoms with van der Waals surface area (Å²) in [7, 11) is -3.15. The molecule has 0 amide bonds. The lowest BCUT2D eigenvalue weighted by atomic mass is 10.4. The maximum absolute atomic E-state index is 5.74. The third-order valence-corrected chi connectivity index (χ3v) is 5.12. The molecule has 0 saturated carbocycles. The first-order chi connectivity index (χ1) is 9.61. The van der Waals surface area contributed by atoms with E-state index in [2.05, 4.69) is 15.0 Å². The van der Waals surface area contributed by atoms with Gasteiger partial charge in [0.15, 0.2) is 0 Å². The van der Waals surface area contributed by atoms with Crippen LogP contribution >= 0.6 is 0 Å². The van der Waals surface area contributed by atoms with Crippen LogP contribution in [-0.2, 0) is 19.7 Å². The molecule has 0 atom stereocenters. The second-order valence-corrected chi connectivity index (χ2v) is 6.25. The van der Waals surface area contributed by atoms with Crippen molar-refractivity contribution in [2.45, 2.75) is 27.2 Å². The summed E-state index contributed by atoms with van der Waals surface area (Å²) in [6.45, 7) is 7.33. The Morgan fingerprint density at radius 1 is 0.950 bits per heavy atom. The number of aromatic nitrogens is 3. The molecule has 0 unspecified atom stereocenters. The van der Waals surface area contributed by atoms with Crippen molar-refractivity contribution < 1.29 is 13.3 Å². The molecular weight excluding hydrogens is 278 g/mol. The van der Waals surface area contributed by atoms with Gasteiger partial charge in [0.1, 0.15) is 5.82 Å². The van der Waals surface area contributed by atoms with E-state index in [1.807, 2.05) is 20.8 Å². The minimum Gasteiger partial charge on any atom is -0.369 e. The maximum Gasteiger partial charge on any atom is 0.576 e. The molecule has 20 heavy (non-hydrogen) atoms. The third-order valence-electron chi connectivity index (χ3n) is 2.34. The molecule has 1 aromatic rings. The first-order valence-corrected chi connectivity index (χ1v) is 8.47. The summed E-state index contributed by atoms with van der Waals surface area (Å²) < 4.78 is 17.2. The molecule has 1 heterocycles. The Morgan fingerprint density at radius 3 is 1.95 bits per heavy atom. The molecule has 8 nitrogen and oxygen atoms in total. The highest BCUT2D eigenvalue weighted by molar-refractivity contribution is 6.73. The number of nitrogens with two attached hydrogens (primary N) is 2. The Morgan fingerprint density at radius 2 is 1.50 bits per heavy atom. The Bertz CT molecular complexity index is 404. The van der Waals surface area contributed by atoms with Crippen LogP contribution in [0, 0.1) is 0 Å². The van der Waals surface area contributed by atoms with Crippen molar-refractivity contribution in [3.63, 3.8) is 0 Å². The second kappa shape index (κ2) is 8.22. The molecule has 114 valence electrons. The first kappa shape index (κ1) is 16.9. The van der Waals surface area contributed by atoms with Gasteiger partial charge in [-0.3, -0.25) is 0 Å². The van der Waals surface area contributed by atoms with Crippen molar-refractivity contribution in [2.75, 3.05) is 32.1 Å². The number of rotatable bonds is 9. The van der Waals surface area contributed by atoms with Crippen LogP contribution in [0.15, 0.2) is 0 Å². The average molecular weight is 301 g/mol. The highest BCUT2D eigenvalue weighted by Crippen LogP contribution is 2.09. The van der Waals surface area contributed by atoms with E-state index in [0.29, 0.717) is 44.1 Å². The highest BCUT2D eigenvalue weighted by atomic mass is 28.4. The maximum atomic E-state index is 5.74. The van der Waals surface area contributed by atoms with E-state index < -0.39 is 8.80 Å². The second-order valence-electron chi connectivity index (χ2n) is 3.83. The van der Waals surface area contributed by atoms with E-state index in [4.69, 9.17) is 24.7 Å². The van der Waals surface area contributed by atoms with Crippen LogP contribution in [0.2, 0.25) is 0 Å². The van der Waals surface area contributed by atoms with Crippen LogP contribution in [0.3, 0.4) is 0 Å². The minimum absolute atomic E-state index is 0.120. The van der Waals surface area contributed by atoms with Crippen molar-refractivity contribution in [1.82, 2.24) is 15.0 Å². The van der Waals surface area contributed by atoms with E-state index in [0.717, 1.165) is 0 Å². The summed E-state index contributed by atoms with van der Waals surface area (Å²) >= 11 is 0. The molecule has 0 fully saturated rings. The van der Waals surface area contributed by atoms with Crippen molar-refractivity contribution in [1.29, 1.82) is 0 Å². The van der Waals surface area contributed by atoms with Crippen molar-refractivity contribution >= 4 is 20.2 Å². The van der Waals surface area contributed by atoms with Crippen molar-refractivity contribution in [2.24, 2.45) is 5.73 Å². The van der Waals surface area contributed by atoms with Crippen LogP contribution in [0.4, 0.5) is 5.95 Å². The monoisotopic (exact) mass is 301 g/mol. The largest absolute Gasteiger partial charge is 0.576 e. The zero-order valence-electron chi connectivity index (χ0n) is 12.3. The Hall–Kier alpha value is -1.13. The molecule has 0 radical (unpaired) electrons. The Balaban J connectivity index is 3.22. The molecule has 0 aromatic carbocycles. The van der Waals surface area contributed by atoms with Crippen LogP contribution < -0.4 is 16.9 Å². The van der Waals surface area contributed by atoms with Gasteiger partial charge >= 0.3 is 8.80 Å². The topological polar surface area (TPSA) is 118 Å². The lowest BCUT2D eigenvalue weighted by Crippen LogP contribution is -2.60. The summed E-state index contributed by atoms with van der Waals surface area (Å²) in [6, 6.07) is 0. The zero-order valence-corrected chi connectivity index (χ0v) is 13.3. The molecule has 0 aliphatic carbocycles. The van der Waals surface area contributed by atoms with Crippen molar-refractivity contribution in [3.8, 4) is 0 Å². The molecule has 9 heteroatoms. The SMILES string of the molecule is CCO[Si](OCC)(OCC)c1nc(N)nc(CCN)n1. The molecule has 0 aliphatic heterocycles. The fraction of sp³-hybridized carbons (Fsp3) is 0.727. The van der Waals surface area contributed by atoms with Crippen LogP contribution in [0.5, 0.6) is 0 Å². The van der Waals surface area contributed by atoms with Gasteiger partial charge in [0.2, 0.25) is 11.4 Å². The summed E-state index contributed by atoms with van der Waals surface area (Å²) in [6.07, 6.45) is 0.509. The van der Waals surface area contributed by atoms with Gasteiger partial charge in [-0.2, -0.15) is 9.97 Å². The highest BCUT2D eigenvalue weighted by Gasteiger charge is 2.47. The molecule has 0 saturated heterocycles. The van der Waals surface area contributed by atoms with Crippen LogP contribution in [0.1, 0.15) is 26.6 Å². The lowest BCUT2D eigenvalue weighted by Gasteiger charge is -2.26. The molecule has 0 bridgehead atoms. The van der Waals surface area contributed by atoms with Crippen LogP contribution in [0.25, 0.3) is 0 Å². The van der Waals surface area contributed by atoms with Gasteiger partial charge in [-0.25, -0.2) is 4.98 Å². The minimum atomic E-state index is -3.15. The van der Waals surface area contributed by atoms with E-state index in [9.17, 15) is 0 Å². The predicted octanol–water partition coefficient (Wildman–Crippen LogP) is -0.790. The normalized spacial score (nSPS) is 11.8. The smallest absolute Gasteiger partial charge is 0.369 e. The van der Waals surface area contributed by atoms with Gasteiger partial charge in [0, 0.05) is 26.2 Å². The first-order valence-electron chi connectivity index (χ1n) is 6.74. The van der Waals surface area contributed by atoms with E-state index >= 15 is 0 Å². The average Bonchev–Trinajstić information content (AvgIpc) is 2.39. The molecule has 4 N–H and O–H groups in total. The molecular formula is C11H23N5O3Si. The number of nitrogens with zero attached hydrogens (tertiary/aromatic N) is 3. The third kappa shape index (κ3) is 4.18. The van der Waals surface area contributed by atoms with Gasteiger partial charge in [0.25, 0.3) is 0 Å². The van der Waals surface area contributed by atoms with Crippen molar-refractivity contribution in [3.05, 3.63) is 5.82 Å². The predicted molar refractivity (Wildman–Crippen MR) is 77.3 cm³/mol. The van der Waals surface area contributed by atoms with Gasteiger partial charge in [0.05, 0.1) is 0 Å². The number of hydrogen-bond donors (Lipinski definition) is 2.